The minimum atomic E-state index is 0.656. The van der Waals surface area contributed by atoms with Gasteiger partial charge in [0.1, 0.15) is 5.75 Å². The molecule has 1 aromatic carbocycles. The summed E-state index contributed by atoms with van der Waals surface area (Å²) in [6.07, 6.45) is 2.62. The van der Waals surface area contributed by atoms with Gasteiger partial charge in [-0.3, -0.25) is 4.90 Å². The minimum Gasteiger partial charge on any atom is -0.497 e. The Morgan fingerprint density at radius 2 is 1.90 bits per heavy atom. The van der Waals surface area contributed by atoms with E-state index in [1.807, 2.05) is 0 Å². The minimum absolute atomic E-state index is 0.656. The van der Waals surface area contributed by atoms with Crippen molar-refractivity contribution in [2.75, 3.05) is 26.7 Å². The number of benzene rings is 1. The number of piperidine rings is 1. The van der Waals surface area contributed by atoms with Gasteiger partial charge in [0.25, 0.3) is 0 Å². The number of hydrogen-bond donors (Lipinski definition) is 1. The second-order valence-corrected chi connectivity index (χ2v) is 5.81. The van der Waals surface area contributed by atoms with Crippen LogP contribution in [-0.4, -0.2) is 37.7 Å². The van der Waals surface area contributed by atoms with Gasteiger partial charge < -0.3 is 10.1 Å². The molecule has 20 heavy (non-hydrogen) atoms. The van der Waals surface area contributed by atoms with Crippen molar-refractivity contribution < 1.29 is 4.74 Å². The maximum atomic E-state index is 5.20. The molecule has 2 rings (SSSR count). The quantitative estimate of drug-likeness (QED) is 0.864. The van der Waals surface area contributed by atoms with Crippen molar-refractivity contribution in [2.45, 2.75) is 39.3 Å². The Labute approximate surface area is 123 Å². The molecule has 1 heterocycles. The lowest BCUT2D eigenvalue weighted by molar-refractivity contribution is 0.157. The highest BCUT2D eigenvalue weighted by Gasteiger charge is 2.23. The van der Waals surface area contributed by atoms with Gasteiger partial charge in [0.2, 0.25) is 0 Å². The summed E-state index contributed by atoms with van der Waals surface area (Å²) >= 11 is 0. The number of rotatable bonds is 6. The number of nitrogens with one attached hydrogen (secondary N) is 1. The molecule has 1 fully saturated rings. The first kappa shape index (κ1) is 15.3. The van der Waals surface area contributed by atoms with Crippen molar-refractivity contribution in [1.29, 1.82) is 0 Å². The van der Waals surface area contributed by atoms with Crippen LogP contribution in [-0.2, 0) is 6.54 Å². The third-order valence-electron chi connectivity index (χ3n) is 4.43. The molecule has 1 aliphatic rings. The van der Waals surface area contributed by atoms with Gasteiger partial charge in [0.05, 0.1) is 7.11 Å². The van der Waals surface area contributed by atoms with E-state index < -0.39 is 0 Å². The maximum Gasteiger partial charge on any atom is 0.118 e. The van der Waals surface area contributed by atoms with Crippen molar-refractivity contribution in [3.8, 4) is 5.75 Å². The lowest BCUT2D eigenvalue weighted by Crippen LogP contribution is -2.41. The molecule has 0 aliphatic carbocycles. The van der Waals surface area contributed by atoms with Crippen molar-refractivity contribution in [3.05, 3.63) is 29.8 Å². The summed E-state index contributed by atoms with van der Waals surface area (Å²) in [7, 11) is 1.71. The van der Waals surface area contributed by atoms with Crippen molar-refractivity contribution in [3.63, 3.8) is 0 Å². The first-order valence-corrected chi connectivity index (χ1v) is 7.81. The van der Waals surface area contributed by atoms with E-state index in [1.165, 1.54) is 31.5 Å². The summed E-state index contributed by atoms with van der Waals surface area (Å²) in [5.74, 6) is 1.77. The third-order valence-corrected chi connectivity index (χ3v) is 4.43. The number of methoxy groups -OCH3 is 1. The second kappa shape index (κ2) is 7.65. The van der Waals surface area contributed by atoms with Gasteiger partial charge in [-0.25, -0.2) is 0 Å². The predicted molar refractivity (Wildman–Crippen MR) is 84.1 cm³/mol. The van der Waals surface area contributed by atoms with E-state index in [9.17, 15) is 0 Å². The monoisotopic (exact) mass is 276 g/mol. The van der Waals surface area contributed by atoms with Crippen LogP contribution in [0.2, 0.25) is 0 Å². The highest BCUT2D eigenvalue weighted by molar-refractivity contribution is 5.27. The van der Waals surface area contributed by atoms with Crippen molar-refractivity contribution >= 4 is 0 Å². The fraction of sp³-hybridized carbons (Fsp3) is 0.647. The highest BCUT2D eigenvalue weighted by atomic mass is 16.5. The molecule has 0 bridgehead atoms. The zero-order valence-corrected chi connectivity index (χ0v) is 13.1. The average molecular weight is 276 g/mol. The van der Waals surface area contributed by atoms with Crippen LogP contribution in [0.15, 0.2) is 24.3 Å². The molecule has 0 amide bonds. The Morgan fingerprint density at radius 1 is 1.25 bits per heavy atom. The van der Waals surface area contributed by atoms with Crippen LogP contribution in [0.5, 0.6) is 5.75 Å². The van der Waals surface area contributed by atoms with Crippen LogP contribution in [0.1, 0.15) is 32.3 Å². The van der Waals surface area contributed by atoms with E-state index in [0.717, 1.165) is 24.8 Å². The van der Waals surface area contributed by atoms with E-state index >= 15 is 0 Å². The molecule has 1 aromatic rings. The van der Waals surface area contributed by atoms with Crippen LogP contribution >= 0.6 is 0 Å². The first-order chi connectivity index (χ1) is 9.72. The largest absolute Gasteiger partial charge is 0.497 e. The topological polar surface area (TPSA) is 24.5 Å². The zero-order chi connectivity index (χ0) is 14.4. The summed E-state index contributed by atoms with van der Waals surface area (Å²) in [5.41, 5.74) is 1.38. The molecule has 1 aliphatic heterocycles. The van der Waals surface area contributed by atoms with E-state index in [2.05, 4.69) is 48.3 Å². The molecule has 1 atom stereocenters. The van der Waals surface area contributed by atoms with E-state index in [4.69, 9.17) is 4.74 Å². The standard InChI is InChI=1S/C17H28N2O/c1-4-18-14(2)16-9-11-19(12-10-16)13-15-5-7-17(20-3)8-6-15/h5-8,14,16,18H,4,9-13H2,1-3H3. The van der Waals surface area contributed by atoms with Gasteiger partial charge in [-0.2, -0.15) is 0 Å². The molecular formula is C17H28N2O. The molecule has 0 radical (unpaired) electrons. The summed E-state index contributed by atoms with van der Waals surface area (Å²) < 4.78 is 5.20. The third kappa shape index (κ3) is 4.22. The molecule has 0 aromatic heterocycles. The summed E-state index contributed by atoms with van der Waals surface area (Å²) in [5, 5.41) is 3.56. The molecule has 1 saturated heterocycles. The number of likely N-dealkylation sites (tertiary alicyclic amines) is 1. The molecule has 1 unspecified atom stereocenters. The normalized spacial score (nSPS) is 18.9. The Bertz CT molecular complexity index is 382. The van der Waals surface area contributed by atoms with Crippen LogP contribution in [0.25, 0.3) is 0 Å². The van der Waals surface area contributed by atoms with Crippen LogP contribution in [0.4, 0.5) is 0 Å². The Kier molecular flexibility index (Phi) is 5.86. The SMILES string of the molecule is CCNC(C)C1CCN(Cc2ccc(OC)cc2)CC1. The predicted octanol–water partition coefficient (Wildman–Crippen LogP) is 2.91. The van der Waals surface area contributed by atoms with Crippen LogP contribution < -0.4 is 10.1 Å². The average Bonchev–Trinajstić information content (AvgIpc) is 2.49. The van der Waals surface area contributed by atoms with E-state index in [0.29, 0.717) is 6.04 Å². The van der Waals surface area contributed by atoms with E-state index in [-0.39, 0.29) is 0 Å². The van der Waals surface area contributed by atoms with Gasteiger partial charge in [-0.15, -0.1) is 0 Å². The smallest absolute Gasteiger partial charge is 0.118 e. The van der Waals surface area contributed by atoms with Crippen molar-refractivity contribution in [1.82, 2.24) is 10.2 Å². The molecule has 0 spiro atoms. The second-order valence-electron chi connectivity index (χ2n) is 5.81. The van der Waals surface area contributed by atoms with Crippen molar-refractivity contribution in [2.24, 2.45) is 5.92 Å². The summed E-state index contributed by atoms with van der Waals surface area (Å²) in [4.78, 5) is 2.57. The fourth-order valence-corrected chi connectivity index (χ4v) is 3.09. The lowest BCUT2D eigenvalue weighted by atomic mass is 9.90. The molecule has 1 N–H and O–H groups in total. The number of hydrogen-bond acceptors (Lipinski definition) is 3. The molecule has 3 heteroatoms. The van der Waals surface area contributed by atoms with Gasteiger partial charge in [0, 0.05) is 12.6 Å². The van der Waals surface area contributed by atoms with Gasteiger partial charge in [0.15, 0.2) is 0 Å². The molecule has 0 saturated carbocycles. The lowest BCUT2D eigenvalue weighted by Gasteiger charge is -2.35. The summed E-state index contributed by atoms with van der Waals surface area (Å²) in [6.45, 7) is 9.08. The Hall–Kier alpha value is -1.06. The van der Waals surface area contributed by atoms with Gasteiger partial charge >= 0.3 is 0 Å². The summed E-state index contributed by atoms with van der Waals surface area (Å²) in [6, 6.07) is 9.10. The molecular weight excluding hydrogens is 248 g/mol. The highest BCUT2D eigenvalue weighted by Crippen LogP contribution is 2.22. The first-order valence-electron chi connectivity index (χ1n) is 7.81. The van der Waals surface area contributed by atoms with Gasteiger partial charge in [-0.1, -0.05) is 19.1 Å². The fourth-order valence-electron chi connectivity index (χ4n) is 3.09. The zero-order valence-electron chi connectivity index (χ0n) is 13.1. The van der Waals surface area contributed by atoms with Gasteiger partial charge in [-0.05, 0) is 63.0 Å². The molecule has 3 nitrogen and oxygen atoms in total. The molecule has 112 valence electrons. The van der Waals surface area contributed by atoms with E-state index in [1.54, 1.807) is 7.11 Å². The number of ether oxygens (including phenoxy) is 1. The number of nitrogens with zero attached hydrogens (tertiary/aromatic N) is 1. The van der Waals surface area contributed by atoms with Crippen LogP contribution in [0, 0.1) is 5.92 Å². The maximum absolute atomic E-state index is 5.20. The van der Waals surface area contributed by atoms with Crippen LogP contribution in [0.3, 0.4) is 0 Å². The Balaban J connectivity index is 1.78. The Morgan fingerprint density at radius 3 is 2.45 bits per heavy atom.